The first kappa shape index (κ1) is 19.0. The van der Waals surface area contributed by atoms with Crippen LogP contribution >= 0.6 is 11.8 Å². The molecule has 2 aliphatic rings. The van der Waals surface area contributed by atoms with E-state index in [-0.39, 0.29) is 17.6 Å². The van der Waals surface area contributed by atoms with Gasteiger partial charge in [-0.15, -0.1) is 10.2 Å². The Kier molecular flexibility index (Phi) is 5.96. The normalized spacial score (nSPS) is 18.0. The van der Waals surface area contributed by atoms with Gasteiger partial charge >= 0.3 is 0 Å². The zero-order valence-corrected chi connectivity index (χ0v) is 16.4. The van der Waals surface area contributed by atoms with Crippen molar-refractivity contribution in [2.24, 2.45) is 0 Å². The maximum Gasteiger partial charge on any atom is 0.284 e. The number of furan rings is 1. The molecule has 2 aliphatic heterocycles. The minimum absolute atomic E-state index is 0.0354. The van der Waals surface area contributed by atoms with E-state index >= 15 is 0 Å². The Bertz CT molecular complexity index is 795. The molecule has 0 bridgehead atoms. The van der Waals surface area contributed by atoms with Crippen LogP contribution in [0.3, 0.4) is 0 Å². The van der Waals surface area contributed by atoms with Gasteiger partial charge in [-0.25, -0.2) is 0 Å². The van der Waals surface area contributed by atoms with Crippen LogP contribution in [-0.2, 0) is 9.59 Å². The number of piperazine rings is 1. The van der Waals surface area contributed by atoms with E-state index in [1.165, 1.54) is 18.0 Å². The standard InChI is InChI=1S/C18H23N5O4S/c24-15(22-5-1-2-6-22)12-21-7-9-23(10-8-21)16(25)13-28-18-20-19-17(27-18)14-4-3-11-26-14/h3-4,11H,1-2,5-10,12-13H2. The molecule has 2 saturated heterocycles. The summed E-state index contributed by atoms with van der Waals surface area (Å²) in [5.74, 6) is 1.29. The van der Waals surface area contributed by atoms with E-state index in [9.17, 15) is 9.59 Å². The van der Waals surface area contributed by atoms with Gasteiger partial charge in [0, 0.05) is 39.3 Å². The molecule has 28 heavy (non-hydrogen) atoms. The SMILES string of the molecule is O=C(CSc1nnc(-c2ccco2)o1)N1CCN(CC(=O)N2CCCC2)CC1. The van der Waals surface area contributed by atoms with E-state index in [1.54, 1.807) is 12.1 Å². The fourth-order valence-electron chi connectivity index (χ4n) is 3.40. The third-order valence-corrected chi connectivity index (χ3v) is 5.80. The second-order valence-electron chi connectivity index (χ2n) is 6.88. The minimum Gasteiger partial charge on any atom is -0.459 e. The lowest BCUT2D eigenvalue weighted by Gasteiger charge is -2.34. The summed E-state index contributed by atoms with van der Waals surface area (Å²) < 4.78 is 10.7. The van der Waals surface area contributed by atoms with Crippen molar-refractivity contribution in [2.75, 3.05) is 51.6 Å². The van der Waals surface area contributed by atoms with Gasteiger partial charge in [-0.05, 0) is 25.0 Å². The molecule has 0 N–H and O–H groups in total. The Hall–Kier alpha value is -2.33. The maximum absolute atomic E-state index is 12.4. The van der Waals surface area contributed by atoms with Crippen molar-refractivity contribution in [3.05, 3.63) is 18.4 Å². The summed E-state index contributed by atoms with van der Waals surface area (Å²) in [6.45, 7) is 4.92. The van der Waals surface area contributed by atoms with Gasteiger partial charge in [0.2, 0.25) is 11.8 Å². The third kappa shape index (κ3) is 4.56. The van der Waals surface area contributed by atoms with E-state index in [0.29, 0.717) is 36.5 Å². The highest BCUT2D eigenvalue weighted by atomic mass is 32.2. The first-order valence-corrected chi connectivity index (χ1v) is 10.5. The number of rotatable bonds is 6. The van der Waals surface area contributed by atoms with Crippen LogP contribution in [0.15, 0.2) is 32.5 Å². The third-order valence-electron chi connectivity index (χ3n) is 5.00. The summed E-state index contributed by atoms with van der Waals surface area (Å²) in [5, 5.41) is 8.20. The Morgan fingerprint density at radius 1 is 1.00 bits per heavy atom. The first-order valence-electron chi connectivity index (χ1n) is 9.47. The summed E-state index contributed by atoms with van der Waals surface area (Å²) in [6, 6.07) is 3.48. The Morgan fingerprint density at radius 3 is 2.46 bits per heavy atom. The van der Waals surface area contributed by atoms with Crippen molar-refractivity contribution >= 4 is 23.6 Å². The number of aromatic nitrogens is 2. The number of nitrogens with zero attached hydrogens (tertiary/aromatic N) is 5. The Labute approximate surface area is 167 Å². The number of carbonyl (C=O) groups excluding carboxylic acids is 2. The summed E-state index contributed by atoms with van der Waals surface area (Å²) in [4.78, 5) is 30.6. The van der Waals surface area contributed by atoms with E-state index in [0.717, 1.165) is 39.0 Å². The van der Waals surface area contributed by atoms with Crippen molar-refractivity contribution in [3.63, 3.8) is 0 Å². The molecule has 4 rings (SSSR count). The quantitative estimate of drug-likeness (QED) is 0.662. The van der Waals surface area contributed by atoms with Gasteiger partial charge in [0.15, 0.2) is 5.76 Å². The van der Waals surface area contributed by atoms with Gasteiger partial charge in [-0.2, -0.15) is 0 Å². The van der Waals surface area contributed by atoms with E-state index in [2.05, 4.69) is 15.1 Å². The summed E-state index contributed by atoms with van der Waals surface area (Å²) in [6.07, 6.45) is 3.75. The molecule has 150 valence electrons. The van der Waals surface area contributed by atoms with Crippen LogP contribution in [0.5, 0.6) is 0 Å². The van der Waals surface area contributed by atoms with Crippen molar-refractivity contribution in [3.8, 4) is 11.7 Å². The maximum atomic E-state index is 12.4. The second kappa shape index (κ2) is 8.78. The average molecular weight is 405 g/mol. The fourth-order valence-corrected chi connectivity index (χ4v) is 4.06. The Morgan fingerprint density at radius 2 is 1.75 bits per heavy atom. The zero-order chi connectivity index (χ0) is 19.3. The lowest BCUT2D eigenvalue weighted by Crippen LogP contribution is -2.51. The lowest BCUT2D eigenvalue weighted by atomic mass is 10.3. The molecule has 0 aromatic carbocycles. The summed E-state index contributed by atoms with van der Waals surface area (Å²) in [7, 11) is 0. The Balaban J connectivity index is 1.19. The predicted molar refractivity (Wildman–Crippen MR) is 102 cm³/mol. The highest BCUT2D eigenvalue weighted by molar-refractivity contribution is 7.99. The van der Waals surface area contributed by atoms with Crippen molar-refractivity contribution in [1.82, 2.24) is 24.9 Å². The number of hydrogen-bond donors (Lipinski definition) is 0. The molecule has 0 spiro atoms. The number of amides is 2. The molecule has 0 atom stereocenters. The van der Waals surface area contributed by atoms with E-state index < -0.39 is 0 Å². The van der Waals surface area contributed by atoms with Crippen molar-refractivity contribution < 1.29 is 18.4 Å². The average Bonchev–Trinajstić information content (AvgIpc) is 3.49. The van der Waals surface area contributed by atoms with Gasteiger partial charge < -0.3 is 18.6 Å². The van der Waals surface area contributed by atoms with Crippen LogP contribution in [-0.4, -0.2) is 88.3 Å². The molecule has 0 aliphatic carbocycles. The molecule has 0 unspecified atom stereocenters. The largest absolute Gasteiger partial charge is 0.459 e. The van der Waals surface area contributed by atoms with Crippen LogP contribution in [0.25, 0.3) is 11.7 Å². The second-order valence-corrected chi connectivity index (χ2v) is 7.81. The van der Waals surface area contributed by atoms with Crippen LogP contribution in [0.2, 0.25) is 0 Å². The summed E-state index contributed by atoms with van der Waals surface area (Å²) >= 11 is 1.22. The van der Waals surface area contributed by atoms with Gasteiger partial charge in [0.25, 0.3) is 11.1 Å². The topological polar surface area (TPSA) is 95.9 Å². The molecule has 10 heteroatoms. The molecular weight excluding hydrogens is 382 g/mol. The van der Waals surface area contributed by atoms with Gasteiger partial charge in [-0.1, -0.05) is 11.8 Å². The van der Waals surface area contributed by atoms with Crippen molar-refractivity contribution in [1.29, 1.82) is 0 Å². The molecular formula is C18H23N5O4S. The van der Waals surface area contributed by atoms with Crippen LogP contribution < -0.4 is 0 Å². The van der Waals surface area contributed by atoms with Crippen LogP contribution in [0, 0.1) is 0 Å². The molecule has 2 aromatic heterocycles. The van der Waals surface area contributed by atoms with Gasteiger partial charge in [0.05, 0.1) is 18.6 Å². The number of carbonyl (C=O) groups is 2. The number of likely N-dealkylation sites (tertiary alicyclic amines) is 1. The fraction of sp³-hybridized carbons (Fsp3) is 0.556. The van der Waals surface area contributed by atoms with Gasteiger partial charge in [-0.3, -0.25) is 14.5 Å². The molecule has 9 nitrogen and oxygen atoms in total. The smallest absolute Gasteiger partial charge is 0.284 e. The number of hydrogen-bond acceptors (Lipinski definition) is 8. The minimum atomic E-state index is 0.0354. The van der Waals surface area contributed by atoms with Crippen molar-refractivity contribution in [2.45, 2.75) is 18.1 Å². The molecule has 0 saturated carbocycles. The highest BCUT2D eigenvalue weighted by Crippen LogP contribution is 2.23. The monoisotopic (exact) mass is 405 g/mol. The zero-order valence-electron chi connectivity index (χ0n) is 15.6. The highest BCUT2D eigenvalue weighted by Gasteiger charge is 2.25. The van der Waals surface area contributed by atoms with Crippen LogP contribution in [0.4, 0.5) is 0 Å². The first-order chi connectivity index (χ1) is 13.7. The molecule has 2 amide bonds. The summed E-state index contributed by atoms with van der Waals surface area (Å²) in [5.41, 5.74) is 0. The molecule has 0 radical (unpaired) electrons. The lowest BCUT2D eigenvalue weighted by molar-refractivity contribution is -0.133. The van der Waals surface area contributed by atoms with Gasteiger partial charge in [0.1, 0.15) is 0 Å². The van der Waals surface area contributed by atoms with E-state index in [4.69, 9.17) is 8.83 Å². The molecule has 2 aromatic rings. The van der Waals surface area contributed by atoms with E-state index in [1.807, 2.05) is 9.80 Å². The molecule has 4 heterocycles. The molecule has 2 fully saturated rings. The van der Waals surface area contributed by atoms with Crippen LogP contribution in [0.1, 0.15) is 12.8 Å². The number of thioether (sulfide) groups is 1. The predicted octanol–water partition coefficient (Wildman–Crippen LogP) is 1.19.